The summed E-state index contributed by atoms with van der Waals surface area (Å²) in [6, 6.07) is 5.35. The van der Waals surface area contributed by atoms with Crippen LogP contribution in [-0.4, -0.2) is 44.6 Å². The van der Waals surface area contributed by atoms with Gasteiger partial charge < -0.3 is 15.0 Å². The summed E-state index contributed by atoms with van der Waals surface area (Å²) in [7, 11) is 3.54. The second-order valence-electron chi connectivity index (χ2n) is 5.22. The Morgan fingerprint density at radius 3 is 3.10 bits per heavy atom. The van der Waals surface area contributed by atoms with Crippen molar-refractivity contribution in [1.29, 1.82) is 0 Å². The molecule has 1 aliphatic heterocycles. The zero-order valence-electron chi connectivity index (χ0n) is 12.4. The molecule has 0 radical (unpaired) electrons. The molecular formula is C16H21ClN2O2. The van der Waals surface area contributed by atoms with Crippen molar-refractivity contribution in [2.45, 2.75) is 6.42 Å². The minimum Gasteiger partial charge on any atom is -0.496 e. The van der Waals surface area contributed by atoms with Gasteiger partial charge in [-0.15, -0.1) is 0 Å². The number of carbonyl (C=O) groups is 1. The lowest BCUT2D eigenvalue weighted by Crippen LogP contribution is -2.28. The Labute approximate surface area is 130 Å². The smallest absolute Gasteiger partial charge is 0.246 e. The van der Waals surface area contributed by atoms with Gasteiger partial charge in [0.15, 0.2) is 0 Å². The quantitative estimate of drug-likeness (QED) is 0.850. The van der Waals surface area contributed by atoms with Gasteiger partial charge in [0, 0.05) is 29.8 Å². The molecule has 1 fully saturated rings. The number of carbonyl (C=O) groups excluding carboxylic acids is 1. The van der Waals surface area contributed by atoms with Crippen LogP contribution >= 0.6 is 11.6 Å². The number of hydrogen-bond donors (Lipinski definition) is 1. The zero-order valence-corrected chi connectivity index (χ0v) is 13.2. The Hall–Kier alpha value is -1.52. The third kappa shape index (κ3) is 4.22. The topological polar surface area (TPSA) is 41.6 Å². The molecule has 1 heterocycles. The van der Waals surface area contributed by atoms with E-state index in [0.717, 1.165) is 31.6 Å². The molecule has 5 heteroatoms. The molecule has 1 unspecified atom stereocenters. The molecule has 2 rings (SSSR count). The van der Waals surface area contributed by atoms with Crippen molar-refractivity contribution in [3.8, 4) is 5.75 Å². The van der Waals surface area contributed by atoms with Crippen LogP contribution in [0.4, 0.5) is 0 Å². The summed E-state index contributed by atoms with van der Waals surface area (Å²) in [6.45, 7) is 2.59. The fraction of sp³-hybridized carbons (Fsp3) is 0.438. The predicted octanol–water partition coefficient (Wildman–Crippen LogP) is 2.43. The Bertz CT molecular complexity index is 531. The number of amides is 1. The van der Waals surface area contributed by atoms with E-state index in [0.29, 0.717) is 16.7 Å². The van der Waals surface area contributed by atoms with Crippen LogP contribution in [0.2, 0.25) is 5.02 Å². The van der Waals surface area contributed by atoms with Crippen LogP contribution in [0.15, 0.2) is 24.3 Å². The van der Waals surface area contributed by atoms with Gasteiger partial charge in [0.1, 0.15) is 5.75 Å². The fourth-order valence-electron chi connectivity index (χ4n) is 2.59. The van der Waals surface area contributed by atoms with E-state index in [1.807, 2.05) is 11.9 Å². The molecule has 1 aromatic carbocycles. The summed E-state index contributed by atoms with van der Waals surface area (Å²) in [5.74, 6) is 1.29. The van der Waals surface area contributed by atoms with Crippen LogP contribution in [0.1, 0.15) is 12.0 Å². The second-order valence-corrected chi connectivity index (χ2v) is 5.65. The molecule has 0 saturated carbocycles. The van der Waals surface area contributed by atoms with E-state index in [4.69, 9.17) is 16.3 Å². The van der Waals surface area contributed by atoms with Gasteiger partial charge in [0.25, 0.3) is 0 Å². The Morgan fingerprint density at radius 2 is 2.38 bits per heavy atom. The first-order valence-corrected chi connectivity index (χ1v) is 7.47. The maximum absolute atomic E-state index is 12.2. The van der Waals surface area contributed by atoms with E-state index >= 15 is 0 Å². The zero-order chi connectivity index (χ0) is 15.2. The maximum atomic E-state index is 12.2. The molecule has 1 saturated heterocycles. The van der Waals surface area contributed by atoms with Gasteiger partial charge in [-0.2, -0.15) is 0 Å². The highest BCUT2D eigenvalue weighted by Gasteiger charge is 2.24. The summed E-state index contributed by atoms with van der Waals surface area (Å²) >= 11 is 5.98. The van der Waals surface area contributed by atoms with Gasteiger partial charge in [-0.1, -0.05) is 11.6 Å². The molecule has 21 heavy (non-hydrogen) atoms. The third-order valence-corrected chi connectivity index (χ3v) is 3.92. The molecule has 1 atom stereocenters. The molecule has 0 aliphatic carbocycles. The molecule has 114 valence electrons. The molecule has 0 aromatic heterocycles. The molecule has 1 N–H and O–H groups in total. The van der Waals surface area contributed by atoms with Crippen LogP contribution in [0.5, 0.6) is 5.75 Å². The van der Waals surface area contributed by atoms with Gasteiger partial charge in [-0.25, -0.2) is 0 Å². The van der Waals surface area contributed by atoms with Crippen molar-refractivity contribution >= 4 is 23.6 Å². The predicted molar refractivity (Wildman–Crippen MR) is 85.7 cm³/mol. The summed E-state index contributed by atoms with van der Waals surface area (Å²) in [4.78, 5) is 14.1. The van der Waals surface area contributed by atoms with Gasteiger partial charge in [0.05, 0.1) is 7.11 Å². The normalized spacial score (nSPS) is 18.4. The molecule has 0 spiro atoms. The molecule has 1 amide bonds. The maximum Gasteiger partial charge on any atom is 0.246 e. The lowest BCUT2D eigenvalue weighted by molar-refractivity contribution is -0.125. The van der Waals surface area contributed by atoms with E-state index in [9.17, 15) is 4.79 Å². The van der Waals surface area contributed by atoms with Crippen LogP contribution in [-0.2, 0) is 4.79 Å². The van der Waals surface area contributed by atoms with Crippen molar-refractivity contribution in [2.75, 3.05) is 33.8 Å². The van der Waals surface area contributed by atoms with Crippen LogP contribution in [0, 0.1) is 5.92 Å². The Kier molecular flexibility index (Phi) is 5.65. The number of nitrogens with zero attached hydrogens (tertiary/aromatic N) is 1. The van der Waals surface area contributed by atoms with E-state index in [-0.39, 0.29) is 5.91 Å². The average Bonchev–Trinajstić information content (AvgIpc) is 2.94. The first kappa shape index (κ1) is 15.9. The number of nitrogens with one attached hydrogen (secondary N) is 1. The van der Waals surface area contributed by atoms with Gasteiger partial charge in [0.2, 0.25) is 5.91 Å². The summed E-state index contributed by atoms with van der Waals surface area (Å²) in [5, 5.41) is 3.78. The van der Waals surface area contributed by atoms with Crippen LogP contribution < -0.4 is 10.1 Å². The Morgan fingerprint density at radius 1 is 1.57 bits per heavy atom. The number of ether oxygens (including phenoxy) is 1. The number of methoxy groups -OCH3 is 1. The molecule has 1 aliphatic rings. The van der Waals surface area contributed by atoms with Crippen LogP contribution in [0.25, 0.3) is 6.08 Å². The standard InChI is InChI=1S/C16H21ClN2O2/c1-18-10-12-7-8-19(11-12)16(20)6-3-13-9-14(17)4-5-15(13)21-2/h3-6,9,12,18H,7-8,10-11H2,1-2H3. The first-order valence-electron chi connectivity index (χ1n) is 7.09. The molecule has 4 nitrogen and oxygen atoms in total. The highest BCUT2D eigenvalue weighted by molar-refractivity contribution is 6.30. The van der Waals surface area contributed by atoms with Gasteiger partial charge in [-0.05, 0) is 50.2 Å². The third-order valence-electron chi connectivity index (χ3n) is 3.69. The number of likely N-dealkylation sites (tertiary alicyclic amines) is 1. The van der Waals surface area contributed by atoms with Crippen molar-refractivity contribution < 1.29 is 9.53 Å². The second kappa shape index (κ2) is 7.48. The van der Waals surface area contributed by atoms with E-state index in [2.05, 4.69) is 5.32 Å². The van der Waals surface area contributed by atoms with E-state index in [1.54, 1.807) is 37.5 Å². The fourth-order valence-corrected chi connectivity index (χ4v) is 2.77. The summed E-state index contributed by atoms with van der Waals surface area (Å²) in [6.07, 6.45) is 4.41. The van der Waals surface area contributed by atoms with Crippen molar-refractivity contribution in [2.24, 2.45) is 5.92 Å². The van der Waals surface area contributed by atoms with Crippen molar-refractivity contribution in [1.82, 2.24) is 10.2 Å². The SMILES string of the molecule is CNCC1CCN(C(=O)C=Cc2cc(Cl)ccc2OC)C1. The van der Waals surface area contributed by atoms with E-state index < -0.39 is 0 Å². The number of hydrogen-bond acceptors (Lipinski definition) is 3. The highest BCUT2D eigenvalue weighted by Crippen LogP contribution is 2.24. The minimum absolute atomic E-state index is 0.0376. The Balaban J connectivity index is 2.01. The number of rotatable bonds is 5. The van der Waals surface area contributed by atoms with Crippen molar-refractivity contribution in [3.05, 3.63) is 34.9 Å². The number of halogens is 1. The molecular weight excluding hydrogens is 288 g/mol. The average molecular weight is 309 g/mol. The molecule has 1 aromatic rings. The lowest BCUT2D eigenvalue weighted by Gasteiger charge is -2.14. The molecule has 0 bridgehead atoms. The minimum atomic E-state index is 0.0376. The highest BCUT2D eigenvalue weighted by atomic mass is 35.5. The lowest BCUT2D eigenvalue weighted by atomic mass is 10.1. The summed E-state index contributed by atoms with van der Waals surface area (Å²) in [5.41, 5.74) is 0.810. The van der Waals surface area contributed by atoms with Gasteiger partial charge in [-0.3, -0.25) is 4.79 Å². The monoisotopic (exact) mass is 308 g/mol. The van der Waals surface area contributed by atoms with Crippen molar-refractivity contribution in [3.63, 3.8) is 0 Å². The van der Waals surface area contributed by atoms with Gasteiger partial charge >= 0.3 is 0 Å². The first-order chi connectivity index (χ1) is 10.1. The van der Waals surface area contributed by atoms with E-state index in [1.165, 1.54) is 0 Å². The largest absolute Gasteiger partial charge is 0.496 e. The van der Waals surface area contributed by atoms with Crippen LogP contribution in [0.3, 0.4) is 0 Å². The summed E-state index contributed by atoms with van der Waals surface area (Å²) < 4.78 is 5.26. The number of benzene rings is 1.